The van der Waals surface area contributed by atoms with Gasteiger partial charge in [0, 0.05) is 29.7 Å². The van der Waals surface area contributed by atoms with Gasteiger partial charge in [0.05, 0.1) is 5.69 Å². The Morgan fingerprint density at radius 1 is 1.03 bits per heavy atom. The monoisotopic (exact) mass is 395 g/mol. The number of anilines is 1. The summed E-state index contributed by atoms with van der Waals surface area (Å²) in [5, 5.41) is 2.93. The van der Waals surface area contributed by atoms with Crippen LogP contribution in [0.15, 0.2) is 79.1 Å². The Balaban J connectivity index is 1.47. The van der Waals surface area contributed by atoms with Crippen LogP contribution in [0.25, 0.3) is 23.0 Å². The third-order valence-corrected chi connectivity index (χ3v) is 5.06. The highest BCUT2D eigenvalue weighted by Crippen LogP contribution is 2.23. The predicted octanol–water partition coefficient (Wildman–Crippen LogP) is 6.09. The van der Waals surface area contributed by atoms with E-state index in [0.29, 0.717) is 5.92 Å². The van der Waals surface area contributed by atoms with Gasteiger partial charge >= 0.3 is 0 Å². The Labute approximate surface area is 176 Å². The number of aromatic nitrogens is 2. The number of carbonyl (C=O) groups excluding carboxylic acids is 1. The zero-order chi connectivity index (χ0) is 21.1. The fourth-order valence-electron chi connectivity index (χ4n) is 3.35. The fourth-order valence-corrected chi connectivity index (χ4v) is 3.35. The molecule has 0 saturated carbocycles. The summed E-state index contributed by atoms with van der Waals surface area (Å²) in [6, 6.07) is 20.1. The summed E-state index contributed by atoms with van der Waals surface area (Å²) in [5.41, 5.74) is 6.94. The highest BCUT2D eigenvalue weighted by atomic mass is 16.1. The number of nitrogens with one attached hydrogen (secondary N) is 1. The van der Waals surface area contributed by atoms with Gasteiger partial charge in [-0.05, 0) is 53.8 Å². The molecule has 150 valence electrons. The van der Waals surface area contributed by atoms with Crippen molar-refractivity contribution in [3.63, 3.8) is 0 Å². The minimum Gasteiger partial charge on any atom is -0.322 e. The minimum atomic E-state index is -0.161. The maximum atomic E-state index is 12.4. The number of benzene rings is 2. The maximum Gasteiger partial charge on any atom is 0.248 e. The normalized spacial score (nSPS) is 11.5. The maximum absolute atomic E-state index is 12.4. The number of carbonyl (C=O) groups is 1. The van der Waals surface area contributed by atoms with Crippen LogP contribution in [0.1, 0.15) is 36.5 Å². The third kappa shape index (κ3) is 4.49. The van der Waals surface area contributed by atoms with E-state index in [0.717, 1.165) is 28.2 Å². The van der Waals surface area contributed by atoms with Gasteiger partial charge in [-0.2, -0.15) is 0 Å². The fraction of sp³-hybridized carbons (Fsp3) is 0.154. The molecule has 2 aromatic heterocycles. The zero-order valence-electron chi connectivity index (χ0n) is 17.5. The van der Waals surface area contributed by atoms with E-state index in [9.17, 15) is 4.79 Å². The summed E-state index contributed by atoms with van der Waals surface area (Å²) in [5.74, 6) is 0.334. The van der Waals surface area contributed by atoms with Crippen LogP contribution < -0.4 is 5.32 Å². The van der Waals surface area contributed by atoms with Gasteiger partial charge < -0.3 is 9.72 Å². The van der Waals surface area contributed by atoms with Crippen molar-refractivity contribution in [3.05, 3.63) is 95.8 Å². The molecule has 4 heteroatoms. The highest BCUT2D eigenvalue weighted by molar-refractivity contribution is 6.02. The van der Waals surface area contributed by atoms with Crippen LogP contribution >= 0.6 is 0 Å². The van der Waals surface area contributed by atoms with Crippen molar-refractivity contribution in [1.29, 1.82) is 0 Å². The number of rotatable bonds is 5. The van der Waals surface area contributed by atoms with E-state index in [1.54, 1.807) is 6.08 Å². The summed E-state index contributed by atoms with van der Waals surface area (Å²) in [7, 11) is 0. The summed E-state index contributed by atoms with van der Waals surface area (Å²) in [4.78, 5) is 17.0. The second-order valence-corrected chi connectivity index (χ2v) is 7.82. The number of aryl methyl sites for hydroxylation is 1. The molecule has 0 fully saturated rings. The molecule has 4 nitrogen and oxygen atoms in total. The highest BCUT2D eigenvalue weighted by Gasteiger charge is 2.06. The molecule has 30 heavy (non-hydrogen) atoms. The van der Waals surface area contributed by atoms with Crippen molar-refractivity contribution in [1.82, 2.24) is 9.38 Å². The van der Waals surface area contributed by atoms with E-state index >= 15 is 0 Å². The molecule has 2 aromatic carbocycles. The van der Waals surface area contributed by atoms with Crippen LogP contribution in [0, 0.1) is 6.92 Å². The summed E-state index contributed by atoms with van der Waals surface area (Å²) >= 11 is 0. The summed E-state index contributed by atoms with van der Waals surface area (Å²) in [6.45, 7) is 6.39. The van der Waals surface area contributed by atoms with Crippen molar-refractivity contribution >= 4 is 23.3 Å². The molecular weight excluding hydrogens is 370 g/mol. The van der Waals surface area contributed by atoms with Crippen molar-refractivity contribution < 1.29 is 4.79 Å². The van der Waals surface area contributed by atoms with Gasteiger partial charge in [0.15, 0.2) is 0 Å². The van der Waals surface area contributed by atoms with Gasteiger partial charge in [0.25, 0.3) is 0 Å². The molecule has 0 aliphatic rings. The van der Waals surface area contributed by atoms with Crippen LogP contribution in [-0.2, 0) is 4.79 Å². The summed E-state index contributed by atoms with van der Waals surface area (Å²) < 4.78 is 2.02. The smallest absolute Gasteiger partial charge is 0.248 e. The number of amides is 1. The lowest BCUT2D eigenvalue weighted by atomic mass is 10.0. The Morgan fingerprint density at radius 3 is 2.60 bits per heavy atom. The first-order valence-electron chi connectivity index (χ1n) is 10.1. The Kier molecular flexibility index (Phi) is 5.48. The molecule has 0 saturated heterocycles. The number of hydrogen-bond donors (Lipinski definition) is 1. The first kappa shape index (κ1) is 19.6. The van der Waals surface area contributed by atoms with Crippen molar-refractivity contribution in [3.8, 4) is 11.3 Å². The van der Waals surface area contributed by atoms with Gasteiger partial charge in [-0.1, -0.05) is 56.3 Å². The summed E-state index contributed by atoms with van der Waals surface area (Å²) in [6.07, 6.45) is 7.44. The average molecular weight is 396 g/mol. The van der Waals surface area contributed by atoms with E-state index in [-0.39, 0.29) is 5.91 Å². The van der Waals surface area contributed by atoms with E-state index in [2.05, 4.69) is 49.4 Å². The van der Waals surface area contributed by atoms with Crippen molar-refractivity contribution in [2.45, 2.75) is 26.7 Å². The van der Waals surface area contributed by atoms with E-state index in [4.69, 9.17) is 0 Å². The molecule has 0 aliphatic carbocycles. The van der Waals surface area contributed by atoms with E-state index in [1.165, 1.54) is 11.1 Å². The molecule has 0 aliphatic heterocycles. The second kappa shape index (κ2) is 8.37. The molecule has 0 unspecified atom stereocenters. The Bertz CT molecular complexity index is 1220. The standard InChI is InChI=1S/C26H25N3O/c1-18(2)21-11-8-20(9-12-21)10-14-26(30)27-23-6-4-5-22(15-23)24-17-29-16-19(3)7-13-25(29)28-24/h4-18H,1-3H3,(H,27,30)/b14-10+. The minimum absolute atomic E-state index is 0.161. The Hall–Kier alpha value is -3.66. The number of fused-ring (bicyclic) bond motifs is 1. The van der Waals surface area contributed by atoms with E-state index in [1.807, 2.05) is 65.2 Å². The molecule has 4 rings (SSSR count). The second-order valence-electron chi connectivity index (χ2n) is 7.82. The number of pyridine rings is 1. The molecule has 1 amide bonds. The lowest BCUT2D eigenvalue weighted by Gasteiger charge is -2.05. The molecule has 0 spiro atoms. The van der Waals surface area contributed by atoms with Gasteiger partial charge in [-0.15, -0.1) is 0 Å². The zero-order valence-corrected chi connectivity index (χ0v) is 17.5. The topological polar surface area (TPSA) is 46.4 Å². The van der Waals surface area contributed by atoms with Gasteiger partial charge in [0.1, 0.15) is 5.65 Å². The van der Waals surface area contributed by atoms with Crippen LogP contribution in [0.4, 0.5) is 5.69 Å². The molecule has 0 radical (unpaired) electrons. The SMILES string of the molecule is Cc1ccc2nc(-c3cccc(NC(=O)/C=C/c4ccc(C(C)C)cc4)c3)cn2c1. The largest absolute Gasteiger partial charge is 0.322 e. The van der Waals surface area contributed by atoms with Crippen molar-refractivity contribution in [2.24, 2.45) is 0 Å². The van der Waals surface area contributed by atoms with Crippen LogP contribution in [0.3, 0.4) is 0 Å². The number of hydrogen-bond acceptors (Lipinski definition) is 2. The van der Waals surface area contributed by atoms with Crippen molar-refractivity contribution in [2.75, 3.05) is 5.32 Å². The Morgan fingerprint density at radius 2 is 1.83 bits per heavy atom. The molecule has 1 N–H and O–H groups in total. The first-order chi connectivity index (χ1) is 14.5. The first-order valence-corrected chi connectivity index (χ1v) is 10.1. The molecule has 2 heterocycles. The van der Waals surface area contributed by atoms with Crippen LogP contribution in [0.2, 0.25) is 0 Å². The van der Waals surface area contributed by atoms with Gasteiger partial charge in [-0.3, -0.25) is 4.79 Å². The van der Waals surface area contributed by atoms with E-state index < -0.39 is 0 Å². The predicted molar refractivity (Wildman–Crippen MR) is 124 cm³/mol. The van der Waals surface area contributed by atoms with Crippen LogP contribution in [0.5, 0.6) is 0 Å². The molecule has 4 aromatic rings. The van der Waals surface area contributed by atoms with Crippen LogP contribution in [-0.4, -0.2) is 15.3 Å². The number of imidazole rings is 1. The quantitative estimate of drug-likeness (QED) is 0.416. The van der Waals surface area contributed by atoms with Gasteiger partial charge in [0.2, 0.25) is 5.91 Å². The lowest BCUT2D eigenvalue weighted by Crippen LogP contribution is -2.07. The van der Waals surface area contributed by atoms with Gasteiger partial charge in [-0.25, -0.2) is 4.98 Å². The third-order valence-electron chi connectivity index (χ3n) is 5.06. The molecular formula is C26H25N3O. The lowest BCUT2D eigenvalue weighted by molar-refractivity contribution is -0.111. The average Bonchev–Trinajstić information content (AvgIpc) is 3.16. The molecule has 0 atom stereocenters. The molecule has 0 bridgehead atoms. The number of nitrogens with zero attached hydrogens (tertiary/aromatic N) is 2.